The van der Waals surface area contributed by atoms with Crippen LogP contribution < -0.4 is 0 Å². The second-order valence-corrected chi connectivity index (χ2v) is 17.2. The molecule has 0 aromatic rings. The maximum Gasteiger partial charge on any atom is 0.309 e. The summed E-state index contributed by atoms with van der Waals surface area (Å²) >= 11 is 0. The molecule has 3 aliphatic heterocycles. The molecule has 0 aromatic heterocycles. The number of hydrogen-bond acceptors (Lipinski definition) is 15. The van der Waals surface area contributed by atoms with Crippen LogP contribution in [0.2, 0.25) is 0 Å². The fourth-order valence-electron chi connectivity index (χ4n) is 8.61. The van der Waals surface area contributed by atoms with Crippen LogP contribution in [0.15, 0.2) is 24.3 Å². The number of likely N-dealkylation sites (N-methyl/N-ethyl adjacent to an activating group) is 1. The number of unbranched alkanes of at least 4 members (excludes halogenated alkanes) is 3. The van der Waals surface area contributed by atoms with E-state index in [0.717, 1.165) is 32.0 Å². The van der Waals surface area contributed by atoms with E-state index in [2.05, 4.69) is 6.92 Å². The summed E-state index contributed by atoms with van der Waals surface area (Å²) < 4.78 is 56.4. The monoisotopic (exact) mass is 856 g/mol. The number of allylic oxidation sites excluding steroid dienone is 2. The summed E-state index contributed by atoms with van der Waals surface area (Å²) in [6, 6.07) is -0.681. The van der Waals surface area contributed by atoms with Crippen molar-refractivity contribution < 1.29 is 67.2 Å². The summed E-state index contributed by atoms with van der Waals surface area (Å²) in [5.74, 6) is -2.23. The lowest BCUT2D eigenvalue weighted by atomic mass is 9.82. The standard InChI is InChI=1S/C45H77NO14/c1-12-14-15-19-24-54-43-31(6)56-37(27-45(43,7)53-11)59-40-30(5)57-44(39(51)38(40)46(8)9)60-41-32(22-23-47)25-28(3)33(48)21-18-16-17-20-29(4)55-36(50)26-34(42(41)52-10)58-35(49)13-2/h16-18,21,23,28-34,37-44,48,51H,12-15,19-20,22,24-27H2,1-11H3/b17-16+,21-18+/t28-,29-,30+,31-,32+,33+,34-,37-,38+,39+,40+,41+,42+,43-,44-,45+/m1/s1. The molecule has 3 rings (SSSR count). The van der Waals surface area contributed by atoms with Gasteiger partial charge in [0, 0.05) is 46.5 Å². The van der Waals surface area contributed by atoms with Crippen molar-refractivity contribution in [3.8, 4) is 0 Å². The number of rotatable bonds is 17. The highest BCUT2D eigenvalue weighted by atomic mass is 16.7. The van der Waals surface area contributed by atoms with Crippen molar-refractivity contribution in [1.82, 2.24) is 4.90 Å². The number of carbonyl (C=O) groups excluding carboxylic acids is 3. The first kappa shape index (κ1) is 52.0. The van der Waals surface area contributed by atoms with E-state index in [0.29, 0.717) is 19.4 Å². The molecule has 15 heteroatoms. The largest absolute Gasteiger partial charge is 0.462 e. The molecule has 2 saturated heterocycles. The van der Waals surface area contributed by atoms with Crippen LogP contribution in [-0.2, 0) is 57.0 Å². The van der Waals surface area contributed by atoms with E-state index in [1.165, 1.54) is 7.11 Å². The van der Waals surface area contributed by atoms with E-state index in [1.54, 1.807) is 39.2 Å². The van der Waals surface area contributed by atoms with Crippen LogP contribution in [-0.4, -0.2) is 154 Å². The third-order valence-electron chi connectivity index (χ3n) is 12.1. The minimum absolute atomic E-state index is 0.0235. The highest BCUT2D eigenvalue weighted by Crippen LogP contribution is 2.39. The molecule has 2 N–H and O–H groups in total. The normalized spacial score (nSPS) is 39.8. The molecule has 0 spiro atoms. The summed E-state index contributed by atoms with van der Waals surface area (Å²) in [6.45, 7) is 13.8. The summed E-state index contributed by atoms with van der Waals surface area (Å²) in [7, 11) is 6.71. The van der Waals surface area contributed by atoms with Gasteiger partial charge in [0.2, 0.25) is 0 Å². The summed E-state index contributed by atoms with van der Waals surface area (Å²) in [5, 5.41) is 23.3. The Bertz CT molecular complexity index is 1350. The van der Waals surface area contributed by atoms with Gasteiger partial charge in [0.25, 0.3) is 0 Å². The van der Waals surface area contributed by atoms with Gasteiger partial charge in [0.1, 0.15) is 42.9 Å². The van der Waals surface area contributed by atoms with Crippen molar-refractivity contribution in [1.29, 1.82) is 0 Å². The van der Waals surface area contributed by atoms with Gasteiger partial charge in [0.05, 0.1) is 42.5 Å². The van der Waals surface area contributed by atoms with Crippen LogP contribution >= 0.6 is 0 Å². The fourth-order valence-corrected chi connectivity index (χ4v) is 8.61. The summed E-state index contributed by atoms with van der Waals surface area (Å²) in [4.78, 5) is 40.5. The zero-order valence-corrected chi connectivity index (χ0v) is 38.1. The third-order valence-corrected chi connectivity index (χ3v) is 12.1. The molecule has 0 bridgehead atoms. The molecular weight excluding hydrogens is 778 g/mol. The molecule has 60 heavy (non-hydrogen) atoms. The molecule has 0 radical (unpaired) electrons. The minimum Gasteiger partial charge on any atom is -0.462 e. The quantitative estimate of drug-likeness (QED) is 0.113. The number of cyclic esters (lactones) is 1. The molecule has 3 aliphatic rings. The van der Waals surface area contributed by atoms with Crippen molar-refractivity contribution >= 4 is 18.2 Å². The van der Waals surface area contributed by atoms with Gasteiger partial charge in [0.15, 0.2) is 12.6 Å². The predicted molar refractivity (Wildman–Crippen MR) is 224 cm³/mol. The molecule has 0 unspecified atom stereocenters. The number of aliphatic hydroxyl groups excluding tert-OH is 2. The fraction of sp³-hybridized carbons (Fsp3) is 0.844. The molecule has 15 nitrogen and oxygen atoms in total. The second kappa shape index (κ2) is 25.7. The Morgan fingerprint density at radius 2 is 1.72 bits per heavy atom. The SMILES string of the molecule is CCCCCCO[C@@H]1[C@@H](C)O[C@H](O[C@@H]2[C@@H](N(C)C)[C@H](O)[C@@H](O[C@H]3[C@@H](CC=O)C[C@@H](C)[C@@H](O)/C=C/C=C/C[C@@H](C)OC(=O)C[C@@H](OC(=O)CC)[C@@H]3OC)O[C@H]2C)C[C@]1(C)OC. The van der Waals surface area contributed by atoms with Crippen LogP contribution in [0.3, 0.4) is 0 Å². The van der Waals surface area contributed by atoms with E-state index < -0.39 is 90.9 Å². The second-order valence-electron chi connectivity index (χ2n) is 17.2. The van der Waals surface area contributed by atoms with Crippen LogP contribution in [0, 0.1) is 11.8 Å². The molecule has 0 aromatic carbocycles. The van der Waals surface area contributed by atoms with Crippen molar-refractivity contribution in [2.24, 2.45) is 11.8 Å². The predicted octanol–water partition coefficient (Wildman–Crippen LogP) is 5.07. The number of hydrogen-bond donors (Lipinski definition) is 2. The van der Waals surface area contributed by atoms with Gasteiger partial charge in [-0.1, -0.05) is 64.3 Å². The Morgan fingerprint density at radius 3 is 2.35 bits per heavy atom. The van der Waals surface area contributed by atoms with Gasteiger partial charge >= 0.3 is 11.9 Å². The number of methoxy groups -OCH3 is 2. The Balaban J connectivity index is 1.98. The summed E-state index contributed by atoms with van der Waals surface area (Å²) in [5.41, 5.74) is -0.712. The number of esters is 2. The van der Waals surface area contributed by atoms with Gasteiger partial charge < -0.3 is 62.5 Å². The zero-order chi connectivity index (χ0) is 44.6. The van der Waals surface area contributed by atoms with Crippen molar-refractivity contribution in [3.63, 3.8) is 0 Å². The lowest BCUT2D eigenvalue weighted by Crippen LogP contribution is -2.66. The molecule has 0 aliphatic carbocycles. The first-order valence-electron chi connectivity index (χ1n) is 22.0. The molecule has 16 atom stereocenters. The van der Waals surface area contributed by atoms with Gasteiger partial charge in [-0.3, -0.25) is 9.59 Å². The number of ether oxygens (including phenoxy) is 9. The highest BCUT2D eigenvalue weighted by Gasteiger charge is 2.53. The first-order chi connectivity index (χ1) is 28.5. The van der Waals surface area contributed by atoms with Crippen molar-refractivity contribution in [2.75, 3.05) is 34.9 Å². The molecule has 346 valence electrons. The molecular formula is C45H77NO14. The number of carbonyl (C=O) groups is 3. The van der Waals surface area contributed by atoms with Crippen LogP contribution in [0.1, 0.15) is 113 Å². The smallest absolute Gasteiger partial charge is 0.309 e. The topological polar surface area (TPSA) is 178 Å². The lowest BCUT2D eigenvalue weighted by molar-refractivity contribution is -0.347. The molecule has 2 fully saturated rings. The maximum absolute atomic E-state index is 13.4. The van der Waals surface area contributed by atoms with Crippen LogP contribution in [0.4, 0.5) is 0 Å². The Hall–Kier alpha value is -2.31. The Morgan fingerprint density at radius 1 is 0.983 bits per heavy atom. The summed E-state index contributed by atoms with van der Waals surface area (Å²) in [6.07, 6.45) is 2.56. The minimum atomic E-state index is -1.31. The van der Waals surface area contributed by atoms with Gasteiger partial charge in [-0.05, 0) is 66.5 Å². The Labute approximate surface area is 358 Å². The first-order valence-corrected chi connectivity index (χ1v) is 22.0. The van der Waals surface area contributed by atoms with Crippen LogP contribution in [0.25, 0.3) is 0 Å². The molecule has 3 heterocycles. The average Bonchev–Trinajstić information content (AvgIpc) is 3.19. The van der Waals surface area contributed by atoms with E-state index in [-0.39, 0.29) is 43.8 Å². The highest BCUT2D eigenvalue weighted by molar-refractivity contribution is 5.72. The van der Waals surface area contributed by atoms with Gasteiger partial charge in [-0.2, -0.15) is 0 Å². The van der Waals surface area contributed by atoms with Gasteiger partial charge in [-0.15, -0.1) is 0 Å². The van der Waals surface area contributed by atoms with Gasteiger partial charge in [-0.25, -0.2) is 0 Å². The average molecular weight is 856 g/mol. The van der Waals surface area contributed by atoms with E-state index in [4.69, 9.17) is 42.6 Å². The number of aldehydes is 1. The van der Waals surface area contributed by atoms with E-state index >= 15 is 0 Å². The molecule has 0 saturated carbocycles. The zero-order valence-electron chi connectivity index (χ0n) is 38.1. The number of nitrogens with zero attached hydrogens (tertiary/aromatic N) is 1. The number of aliphatic hydroxyl groups is 2. The van der Waals surface area contributed by atoms with E-state index in [1.807, 2.05) is 52.8 Å². The third kappa shape index (κ3) is 14.9. The Kier molecular flexibility index (Phi) is 22.3. The molecule has 0 amide bonds. The van der Waals surface area contributed by atoms with E-state index in [9.17, 15) is 24.6 Å². The van der Waals surface area contributed by atoms with Crippen molar-refractivity contribution in [3.05, 3.63) is 24.3 Å². The van der Waals surface area contributed by atoms with Crippen molar-refractivity contribution in [2.45, 2.75) is 198 Å². The maximum atomic E-state index is 13.4. The van der Waals surface area contributed by atoms with Crippen LogP contribution in [0.5, 0.6) is 0 Å². The lowest BCUT2D eigenvalue weighted by Gasteiger charge is -2.51.